The Morgan fingerprint density at radius 1 is 1.52 bits per heavy atom. The Hall–Kier alpha value is -1.90. The first-order valence-corrected chi connectivity index (χ1v) is 7.22. The van der Waals surface area contributed by atoms with Crippen molar-refractivity contribution >= 4 is 5.91 Å². The third-order valence-corrected chi connectivity index (χ3v) is 3.44. The van der Waals surface area contributed by atoms with Gasteiger partial charge in [-0.2, -0.15) is 0 Å². The second-order valence-corrected chi connectivity index (χ2v) is 4.81. The van der Waals surface area contributed by atoms with E-state index < -0.39 is 0 Å². The first kappa shape index (κ1) is 15.5. The SMILES string of the molecule is CCOC1CCN(C(=O)c2ncccc2C#CCO)CC1. The van der Waals surface area contributed by atoms with Gasteiger partial charge in [0.25, 0.3) is 5.91 Å². The monoisotopic (exact) mass is 288 g/mol. The van der Waals surface area contributed by atoms with Crippen molar-refractivity contribution in [3.05, 3.63) is 29.6 Å². The predicted octanol–water partition coefficient (Wildman–Crippen LogP) is 1.07. The smallest absolute Gasteiger partial charge is 0.273 e. The minimum Gasteiger partial charge on any atom is -0.384 e. The lowest BCUT2D eigenvalue weighted by Crippen LogP contribution is -2.41. The second kappa shape index (κ2) is 7.77. The summed E-state index contributed by atoms with van der Waals surface area (Å²) in [6, 6.07) is 3.48. The average molecular weight is 288 g/mol. The van der Waals surface area contributed by atoms with Gasteiger partial charge in [-0.05, 0) is 31.9 Å². The molecule has 2 heterocycles. The van der Waals surface area contributed by atoms with E-state index in [1.807, 2.05) is 6.92 Å². The summed E-state index contributed by atoms with van der Waals surface area (Å²) in [6.07, 6.45) is 3.54. The van der Waals surface area contributed by atoms with Gasteiger partial charge in [-0.25, -0.2) is 4.98 Å². The number of carbonyl (C=O) groups is 1. The van der Waals surface area contributed by atoms with E-state index in [4.69, 9.17) is 9.84 Å². The van der Waals surface area contributed by atoms with E-state index in [1.54, 1.807) is 23.2 Å². The van der Waals surface area contributed by atoms with E-state index >= 15 is 0 Å². The predicted molar refractivity (Wildman–Crippen MR) is 78.8 cm³/mol. The summed E-state index contributed by atoms with van der Waals surface area (Å²) >= 11 is 0. The Bertz CT molecular complexity index is 540. The van der Waals surface area contributed by atoms with E-state index in [-0.39, 0.29) is 18.6 Å². The summed E-state index contributed by atoms with van der Waals surface area (Å²) in [4.78, 5) is 18.5. The number of hydrogen-bond acceptors (Lipinski definition) is 4. The number of aromatic nitrogens is 1. The van der Waals surface area contributed by atoms with Crippen LogP contribution < -0.4 is 0 Å². The van der Waals surface area contributed by atoms with E-state index in [0.717, 1.165) is 12.8 Å². The van der Waals surface area contributed by atoms with Crippen LogP contribution in [0.2, 0.25) is 0 Å². The first-order valence-electron chi connectivity index (χ1n) is 7.22. The van der Waals surface area contributed by atoms with Crippen molar-refractivity contribution in [1.29, 1.82) is 0 Å². The number of rotatable bonds is 3. The van der Waals surface area contributed by atoms with Gasteiger partial charge in [-0.15, -0.1) is 0 Å². The zero-order chi connectivity index (χ0) is 15.1. The molecule has 0 spiro atoms. The molecule has 1 saturated heterocycles. The van der Waals surface area contributed by atoms with Crippen LogP contribution in [0.1, 0.15) is 35.8 Å². The highest BCUT2D eigenvalue weighted by Crippen LogP contribution is 2.16. The zero-order valence-electron chi connectivity index (χ0n) is 12.2. The number of carbonyl (C=O) groups excluding carboxylic acids is 1. The van der Waals surface area contributed by atoms with E-state index in [9.17, 15) is 4.79 Å². The fourth-order valence-electron chi connectivity index (χ4n) is 2.42. The molecule has 21 heavy (non-hydrogen) atoms. The number of pyridine rings is 1. The molecular weight excluding hydrogens is 268 g/mol. The summed E-state index contributed by atoms with van der Waals surface area (Å²) in [6.45, 7) is 3.80. The Morgan fingerprint density at radius 2 is 2.29 bits per heavy atom. The van der Waals surface area contributed by atoms with Gasteiger partial charge in [0.1, 0.15) is 12.3 Å². The quantitative estimate of drug-likeness (QED) is 0.845. The number of piperidine rings is 1. The Morgan fingerprint density at radius 3 is 2.95 bits per heavy atom. The van der Waals surface area contributed by atoms with Crippen molar-refractivity contribution in [3.8, 4) is 11.8 Å². The molecule has 1 aromatic rings. The molecule has 0 saturated carbocycles. The third kappa shape index (κ3) is 4.03. The van der Waals surface area contributed by atoms with Gasteiger partial charge >= 0.3 is 0 Å². The summed E-state index contributed by atoms with van der Waals surface area (Å²) in [5, 5.41) is 8.78. The second-order valence-electron chi connectivity index (χ2n) is 4.81. The largest absolute Gasteiger partial charge is 0.384 e. The molecule has 2 rings (SSSR count). The number of aliphatic hydroxyl groups is 1. The Kier molecular flexibility index (Phi) is 5.73. The van der Waals surface area contributed by atoms with Gasteiger partial charge in [-0.3, -0.25) is 4.79 Å². The van der Waals surface area contributed by atoms with Crippen LogP contribution in [0.4, 0.5) is 0 Å². The molecule has 1 aliphatic heterocycles. The number of hydrogen-bond donors (Lipinski definition) is 1. The van der Waals surface area contributed by atoms with Gasteiger partial charge in [0, 0.05) is 25.9 Å². The van der Waals surface area contributed by atoms with Crippen LogP contribution in [0.25, 0.3) is 0 Å². The van der Waals surface area contributed by atoms with Crippen LogP contribution in [0, 0.1) is 11.8 Å². The van der Waals surface area contributed by atoms with Crippen LogP contribution in [0.15, 0.2) is 18.3 Å². The molecule has 5 heteroatoms. The van der Waals surface area contributed by atoms with Crippen LogP contribution in [-0.2, 0) is 4.74 Å². The lowest BCUT2D eigenvalue weighted by Gasteiger charge is -2.31. The Labute approximate surface area is 124 Å². The minimum atomic E-state index is -0.234. The molecule has 1 aromatic heterocycles. The van der Waals surface area contributed by atoms with Crippen molar-refractivity contribution in [2.45, 2.75) is 25.9 Å². The summed E-state index contributed by atoms with van der Waals surface area (Å²) in [7, 11) is 0. The highest BCUT2D eigenvalue weighted by Gasteiger charge is 2.25. The highest BCUT2D eigenvalue weighted by molar-refractivity contribution is 5.94. The lowest BCUT2D eigenvalue weighted by molar-refractivity contribution is 0.0144. The van der Waals surface area contributed by atoms with Crippen molar-refractivity contribution in [1.82, 2.24) is 9.88 Å². The third-order valence-electron chi connectivity index (χ3n) is 3.44. The van der Waals surface area contributed by atoms with Crippen LogP contribution in [-0.4, -0.2) is 53.3 Å². The molecule has 1 aliphatic rings. The summed E-state index contributed by atoms with van der Waals surface area (Å²) in [5.41, 5.74) is 0.914. The maximum atomic E-state index is 12.5. The van der Waals surface area contributed by atoms with Crippen molar-refractivity contribution < 1.29 is 14.6 Å². The van der Waals surface area contributed by atoms with Crippen LogP contribution in [0.3, 0.4) is 0 Å². The average Bonchev–Trinajstić information content (AvgIpc) is 2.53. The van der Waals surface area contributed by atoms with Crippen molar-refractivity contribution in [3.63, 3.8) is 0 Å². The van der Waals surface area contributed by atoms with E-state index in [1.165, 1.54) is 0 Å². The van der Waals surface area contributed by atoms with E-state index in [2.05, 4.69) is 16.8 Å². The van der Waals surface area contributed by atoms with E-state index in [0.29, 0.717) is 31.0 Å². The normalized spacial score (nSPS) is 15.4. The van der Waals surface area contributed by atoms with Gasteiger partial charge in [0.15, 0.2) is 0 Å². The topological polar surface area (TPSA) is 62.7 Å². The van der Waals surface area contributed by atoms with Gasteiger partial charge in [-0.1, -0.05) is 11.8 Å². The summed E-state index contributed by atoms with van der Waals surface area (Å²) in [5.74, 6) is 5.23. The van der Waals surface area contributed by atoms with Crippen molar-refractivity contribution in [2.24, 2.45) is 0 Å². The molecule has 0 unspecified atom stereocenters. The number of ether oxygens (including phenoxy) is 1. The molecular formula is C16H20N2O3. The number of aliphatic hydroxyl groups excluding tert-OH is 1. The number of amides is 1. The van der Waals surface area contributed by atoms with Crippen molar-refractivity contribution in [2.75, 3.05) is 26.3 Å². The molecule has 5 nitrogen and oxygen atoms in total. The summed E-state index contributed by atoms with van der Waals surface area (Å²) < 4.78 is 5.59. The lowest BCUT2D eigenvalue weighted by atomic mass is 10.1. The van der Waals surface area contributed by atoms with Crippen LogP contribution >= 0.6 is 0 Å². The fraction of sp³-hybridized carbons (Fsp3) is 0.500. The number of nitrogens with zero attached hydrogens (tertiary/aromatic N) is 2. The van der Waals surface area contributed by atoms with Gasteiger partial charge in [0.2, 0.25) is 0 Å². The van der Waals surface area contributed by atoms with Crippen LogP contribution in [0.5, 0.6) is 0 Å². The van der Waals surface area contributed by atoms with Gasteiger partial charge < -0.3 is 14.7 Å². The molecule has 1 N–H and O–H groups in total. The molecule has 0 bridgehead atoms. The maximum absolute atomic E-state index is 12.5. The molecule has 112 valence electrons. The number of likely N-dealkylation sites (tertiary alicyclic amines) is 1. The molecule has 0 radical (unpaired) electrons. The molecule has 0 aromatic carbocycles. The molecule has 1 amide bonds. The molecule has 0 atom stereocenters. The van der Waals surface area contributed by atoms with Gasteiger partial charge in [0.05, 0.1) is 11.7 Å². The first-order chi connectivity index (χ1) is 10.3. The zero-order valence-corrected chi connectivity index (χ0v) is 12.2. The Balaban J connectivity index is 2.07. The maximum Gasteiger partial charge on any atom is 0.273 e. The molecule has 0 aliphatic carbocycles. The minimum absolute atomic E-state index is 0.104. The molecule has 1 fully saturated rings. The fourth-order valence-corrected chi connectivity index (χ4v) is 2.42. The highest BCUT2D eigenvalue weighted by atomic mass is 16.5. The standard InChI is InChI=1S/C16H20N2O3/c1-2-21-14-7-10-18(11-8-14)16(20)15-13(6-4-12-19)5-3-9-17-15/h3,5,9,14,19H,2,7-8,10-12H2,1H3.